The number of fused-ring (bicyclic) bond motifs is 1. The van der Waals surface area contributed by atoms with Crippen LogP contribution in [0.25, 0.3) is 10.9 Å². The molecule has 0 fully saturated rings. The SMILES string of the molecule is CC(=O)NC(CC(=O)Nn1cnc2ccccc2c1=O)c1ccc(C)cc1. The number of hydrogen-bond acceptors (Lipinski definition) is 4. The van der Waals surface area contributed by atoms with Crippen LogP contribution in [-0.4, -0.2) is 21.5 Å². The smallest absolute Gasteiger partial charge is 0.280 e. The van der Waals surface area contributed by atoms with Crippen molar-refractivity contribution >= 4 is 22.7 Å². The third-order valence-electron chi connectivity index (χ3n) is 4.16. The molecule has 1 atom stereocenters. The van der Waals surface area contributed by atoms with Gasteiger partial charge in [0.15, 0.2) is 0 Å². The minimum Gasteiger partial charge on any atom is -0.349 e. The number of benzene rings is 2. The minimum absolute atomic E-state index is 0.0120. The first-order valence-electron chi connectivity index (χ1n) is 8.54. The van der Waals surface area contributed by atoms with Crippen molar-refractivity contribution in [1.29, 1.82) is 0 Å². The highest BCUT2D eigenvalue weighted by Gasteiger charge is 2.18. The summed E-state index contributed by atoms with van der Waals surface area (Å²) >= 11 is 0. The van der Waals surface area contributed by atoms with Crippen molar-refractivity contribution in [2.24, 2.45) is 0 Å². The lowest BCUT2D eigenvalue weighted by atomic mass is 10.0. The van der Waals surface area contributed by atoms with Crippen LogP contribution in [0.5, 0.6) is 0 Å². The summed E-state index contributed by atoms with van der Waals surface area (Å²) in [6.07, 6.45) is 1.27. The second-order valence-electron chi connectivity index (χ2n) is 6.34. The number of carbonyl (C=O) groups is 2. The molecule has 1 aromatic heterocycles. The molecule has 7 heteroatoms. The molecule has 3 rings (SSSR count). The fraction of sp³-hybridized carbons (Fsp3) is 0.200. The Morgan fingerprint density at radius 3 is 2.52 bits per heavy atom. The fourth-order valence-corrected chi connectivity index (χ4v) is 2.81. The van der Waals surface area contributed by atoms with Crippen molar-refractivity contribution in [2.75, 3.05) is 5.43 Å². The number of hydrogen-bond donors (Lipinski definition) is 2. The molecule has 1 heterocycles. The molecule has 3 aromatic rings. The molecule has 138 valence electrons. The maximum Gasteiger partial charge on any atom is 0.280 e. The molecule has 0 aliphatic rings. The lowest BCUT2D eigenvalue weighted by molar-refractivity contribution is -0.120. The predicted octanol–water partition coefficient (Wildman–Crippen LogP) is 2.04. The van der Waals surface area contributed by atoms with Crippen molar-refractivity contribution in [3.63, 3.8) is 0 Å². The lowest BCUT2D eigenvalue weighted by Gasteiger charge is -2.18. The first-order chi connectivity index (χ1) is 12.9. The average molecular weight is 364 g/mol. The van der Waals surface area contributed by atoms with Gasteiger partial charge in [0.25, 0.3) is 5.56 Å². The van der Waals surface area contributed by atoms with Gasteiger partial charge in [0.05, 0.1) is 23.4 Å². The predicted molar refractivity (Wildman–Crippen MR) is 103 cm³/mol. The van der Waals surface area contributed by atoms with Crippen molar-refractivity contribution in [1.82, 2.24) is 15.0 Å². The van der Waals surface area contributed by atoms with E-state index in [-0.39, 0.29) is 17.9 Å². The summed E-state index contributed by atoms with van der Waals surface area (Å²) in [6.45, 7) is 3.36. The molecule has 0 saturated carbocycles. The number of nitrogens with zero attached hydrogens (tertiary/aromatic N) is 2. The minimum atomic E-state index is -0.493. The maximum absolute atomic E-state index is 12.5. The number of amides is 2. The standard InChI is InChI=1S/C20H20N4O3/c1-13-7-9-15(10-8-13)18(22-14(2)25)11-19(26)23-24-12-21-17-6-4-3-5-16(17)20(24)27/h3-10,12,18H,11H2,1-2H3,(H,22,25)(H,23,26). The fourth-order valence-electron chi connectivity index (χ4n) is 2.81. The number of aryl methyl sites for hydroxylation is 1. The Morgan fingerprint density at radius 2 is 1.81 bits per heavy atom. The molecular weight excluding hydrogens is 344 g/mol. The third-order valence-corrected chi connectivity index (χ3v) is 4.16. The number of rotatable bonds is 5. The van der Waals surface area contributed by atoms with Gasteiger partial charge in [-0.25, -0.2) is 9.66 Å². The van der Waals surface area contributed by atoms with Crippen LogP contribution in [0.4, 0.5) is 0 Å². The van der Waals surface area contributed by atoms with Gasteiger partial charge in [-0.15, -0.1) is 0 Å². The normalized spacial score (nSPS) is 11.8. The summed E-state index contributed by atoms with van der Waals surface area (Å²) in [7, 11) is 0. The highest BCUT2D eigenvalue weighted by atomic mass is 16.2. The van der Waals surface area contributed by atoms with Crippen molar-refractivity contribution < 1.29 is 9.59 Å². The summed E-state index contributed by atoms with van der Waals surface area (Å²) in [5.41, 5.74) is 4.63. The Bertz CT molecular complexity index is 1040. The van der Waals surface area contributed by atoms with Crippen LogP contribution in [0.2, 0.25) is 0 Å². The van der Waals surface area contributed by atoms with E-state index >= 15 is 0 Å². The molecule has 2 amide bonds. The second kappa shape index (κ2) is 7.82. The van der Waals surface area contributed by atoms with Crippen molar-refractivity contribution in [3.05, 3.63) is 76.3 Å². The van der Waals surface area contributed by atoms with Crippen molar-refractivity contribution in [2.45, 2.75) is 26.3 Å². The molecule has 7 nitrogen and oxygen atoms in total. The van der Waals surface area contributed by atoms with Crippen LogP contribution in [-0.2, 0) is 9.59 Å². The number of nitrogens with one attached hydrogen (secondary N) is 2. The molecule has 27 heavy (non-hydrogen) atoms. The van der Waals surface area contributed by atoms with Gasteiger partial charge in [-0.3, -0.25) is 19.8 Å². The number of para-hydroxylation sites is 1. The quantitative estimate of drug-likeness (QED) is 0.725. The van der Waals surface area contributed by atoms with E-state index in [1.807, 2.05) is 31.2 Å². The van der Waals surface area contributed by atoms with Crippen LogP contribution in [0.15, 0.2) is 59.7 Å². The molecule has 2 N–H and O–H groups in total. The molecule has 2 aromatic carbocycles. The van der Waals surface area contributed by atoms with Gasteiger partial charge in [0.2, 0.25) is 11.8 Å². The van der Waals surface area contributed by atoms with E-state index in [9.17, 15) is 14.4 Å². The highest BCUT2D eigenvalue weighted by Crippen LogP contribution is 2.17. The van der Waals surface area contributed by atoms with Crippen LogP contribution >= 0.6 is 0 Å². The van der Waals surface area contributed by atoms with Gasteiger partial charge in [-0.1, -0.05) is 42.0 Å². The van der Waals surface area contributed by atoms with Gasteiger partial charge in [0.1, 0.15) is 6.33 Å². The maximum atomic E-state index is 12.5. The van der Waals surface area contributed by atoms with E-state index in [1.165, 1.54) is 13.3 Å². The first kappa shape index (κ1) is 18.3. The average Bonchev–Trinajstić information content (AvgIpc) is 2.64. The van der Waals surface area contributed by atoms with E-state index in [1.54, 1.807) is 24.3 Å². The van der Waals surface area contributed by atoms with Crippen LogP contribution < -0.4 is 16.3 Å². The van der Waals surface area contributed by atoms with Gasteiger partial charge in [-0.2, -0.15) is 0 Å². The van der Waals surface area contributed by atoms with E-state index in [0.29, 0.717) is 10.9 Å². The zero-order valence-corrected chi connectivity index (χ0v) is 15.1. The summed E-state index contributed by atoms with van der Waals surface area (Å²) in [6, 6.07) is 14.0. The van der Waals surface area contributed by atoms with E-state index in [0.717, 1.165) is 15.8 Å². The zero-order valence-electron chi connectivity index (χ0n) is 15.1. The summed E-state index contributed by atoms with van der Waals surface area (Å²) in [5.74, 6) is -0.647. The Morgan fingerprint density at radius 1 is 1.11 bits per heavy atom. The molecule has 0 saturated heterocycles. The highest BCUT2D eigenvalue weighted by molar-refractivity contribution is 5.85. The van der Waals surface area contributed by atoms with Gasteiger partial charge in [0, 0.05) is 6.92 Å². The molecular formula is C20H20N4O3. The van der Waals surface area contributed by atoms with Crippen LogP contribution in [0, 0.1) is 6.92 Å². The largest absolute Gasteiger partial charge is 0.349 e. The zero-order chi connectivity index (χ0) is 19.4. The second-order valence-corrected chi connectivity index (χ2v) is 6.34. The molecule has 0 aliphatic carbocycles. The van der Waals surface area contributed by atoms with Crippen LogP contribution in [0.3, 0.4) is 0 Å². The summed E-state index contributed by atoms with van der Waals surface area (Å²) < 4.78 is 1.06. The molecule has 0 spiro atoms. The van der Waals surface area contributed by atoms with Gasteiger partial charge < -0.3 is 5.32 Å². The van der Waals surface area contributed by atoms with Gasteiger partial charge >= 0.3 is 0 Å². The van der Waals surface area contributed by atoms with E-state index in [4.69, 9.17) is 0 Å². The Labute approximate surface area is 156 Å². The van der Waals surface area contributed by atoms with E-state index in [2.05, 4.69) is 15.7 Å². The molecule has 1 unspecified atom stereocenters. The summed E-state index contributed by atoms with van der Waals surface area (Å²) in [5, 5.41) is 3.19. The van der Waals surface area contributed by atoms with E-state index < -0.39 is 11.9 Å². The van der Waals surface area contributed by atoms with Crippen molar-refractivity contribution in [3.8, 4) is 0 Å². The monoisotopic (exact) mass is 364 g/mol. The Kier molecular flexibility index (Phi) is 5.30. The Balaban J connectivity index is 1.80. The van der Waals surface area contributed by atoms with Gasteiger partial charge in [-0.05, 0) is 24.6 Å². The molecule has 0 radical (unpaired) electrons. The molecule has 0 bridgehead atoms. The molecule has 0 aliphatic heterocycles. The number of carbonyl (C=O) groups excluding carboxylic acids is 2. The van der Waals surface area contributed by atoms with Crippen LogP contribution in [0.1, 0.15) is 30.5 Å². The number of aromatic nitrogens is 2. The first-order valence-corrected chi connectivity index (χ1v) is 8.54. The lowest BCUT2D eigenvalue weighted by Crippen LogP contribution is -2.36. The topological polar surface area (TPSA) is 93.1 Å². The third kappa shape index (κ3) is 4.38. The Hall–Kier alpha value is -3.48. The summed E-state index contributed by atoms with van der Waals surface area (Å²) in [4.78, 5) is 40.7.